The second-order valence-corrected chi connectivity index (χ2v) is 11.7. The van der Waals surface area contributed by atoms with Crippen LogP contribution in [0.15, 0.2) is 18.5 Å². The molecule has 0 radical (unpaired) electrons. The van der Waals surface area contributed by atoms with Crippen molar-refractivity contribution in [3.63, 3.8) is 0 Å². The highest BCUT2D eigenvalue weighted by Crippen LogP contribution is 2.64. The molecule has 176 valence electrons. The Morgan fingerprint density at radius 1 is 1.12 bits per heavy atom. The number of carbonyl (C=O) groups excluding carboxylic acids is 1. The van der Waals surface area contributed by atoms with Crippen LogP contribution in [0.2, 0.25) is 0 Å². The summed E-state index contributed by atoms with van der Waals surface area (Å²) in [6.45, 7) is 5.05. The van der Waals surface area contributed by atoms with Crippen LogP contribution in [0.25, 0.3) is 0 Å². The molecule has 0 bridgehead atoms. The lowest BCUT2D eigenvalue weighted by Crippen LogP contribution is -2.50. The lowest BCUT2D eigenvalue weighted by atomic mass is 9.49. The van der Waals surface area contributed by atoms with E-state index in [1.807, 2.05) is 0 Å². The molecule has 5 rings (SSSR count). The molecule has 0 amide bonds. The smallest absolute Gasteiger partial charge is 0.157 e. The van der Waals surface area contributed by atoms with Gasteiger partial charge in [0.15, 0.2) is 5.78 Å². The van der Waals surface area contributed by atoms with Crippen LogP contribution >= 0.6 is 0 Å². The highest BCUT2D eigenvalue weighted by atomic mass is 16.1. The fourth-order valence-corrected chi connectivity index (χ4v) is 8.87. The summed E-state index contributed by atoms with van der Waals surface area (Å²) in [7, 11) is 0. The van der Waals surface area contributed by atoms with Gasteiger partial charge in [-0.25, -0.2) is 5.84 Å². The van der Waals surface area contributed by atoms with Crippen LogP contribution in [0, 0.1) is 46.8 Å². The summed E-state index contributed by atoms with van der Waals surface area (Å²) in [5.41, 5.74) is 7.39. The number of hydrogen-bond acceptors (Lipinski definition) is 5. The minimum atomic E-state index is 0.135. The van der Waals surface area contributed by atoms with Crippen molar-refractivity contribution in [1.82, 2.24) is 4.98 Å². The van der Waals surface area contributed by atoms with Crippen LogP contribution in [0.4, 0.5) is 11.4 Å². The molecule has 4 saturated carbocycles. The van der Waals surface area contributed by atoms with E-state index in [4.69, 9.17) is 11.6 Å². The molecule has 1 aromatic rings. The maximum Gasteiger partial charge on any atom is 0.157 e. The Hall–Kier alpha value is -1.62. The number of anilines is 2. The number of pyridine rings is 1. The summed E-state index contributed by atoms with van der Waals surface area (Å²) in [5.74, 6) is 12.1. The van der Waals surface area contributed by atoms with E-state index in [1.54, 1.807) is 18.5 Å². The quantitative estimate of drug-likeness (QED) is 0.487. The van der Waals surface area contributed by atoms with Crippen LogP contribution in [-0.2, 0) is 4.79 Å². The summed E-state index contributed by atoms with van der Waals surface area (Å²) in [4.78, 5) is 17.5. The molecule has 8 unspecified atom stereocenters. The van der Waals surface area contributed by atoms with Crippen LogP contribution in [-0.4, -0.2) is 17.3 Å². The molecule has 32 heavy (non-hydrogen) atoms. The highest BCUT2D eigenvalue weighted by molar-refractivity contribution is 5.87. The van der Waals surface area contributed by atoms with Crippen LogP contribution < -0.4 is 16.6 Å². The van der Waals surface area contributed by atoms with E-state index in [0.717, 1.165) is 41.9 Å². The number of ketones is 1. The molecule has 0 aromatic carbocycles. The van der Waals surface area contributed by atoms with Gasteiger partial charge in [-0.1, -0.05) is 26.7 Å². The molecular weight excluding hydrogens is 396 g/mol. The third-order valence-corrected chi connectivity index (χ3v) is 10.5. The van der Waals surface area contributed by atoms with Gasteiger partial charge in [-0.3, -0.25) is 9.78 Å². The number of aromatic nitrogens is 1. The average Bonchev–Trinajstić information content (AvgIpc) is 3.16. The van der Waals surface area contributed by atoms with Crippen molar-refractivity contribution in [2.45, 2.75) is 78.1 Å². The Morgan fingerprint density at radius 3 is 2.72 bits per heavy atom. The van der Waals surface area contributed by atoms with Crippen molar-refractivity contribution in [3.8, 4) is 0 Å². The third kappa shape index (κ3) is 3.65. The Balaban J connectivity index is 1.28. The van der Waals surface area contributed by atoms with Crippen molar-refractivity contribution >= 4 is 17.2 Å². The second kappa shape index (κ2) is 8.62. The summed E-state index contributed by atoms with van der Waals surface area (Å²) < 4.78 is 0. The summed E-state index contributed by atoms with van der Waals surface area (Å²) in [5, 5.41) is 1.53. The Bertz CT molecular complexity index is 843. The molecule has 4 aliphatic carbocycles. The molecule has 5 nitrogen and oxygen atoms in total. The molecule has 4 N–H and O–H groups in total. The van der Waals surface area contributed by atoms with Crippen molar-refractivity contribution in [3.05, 3.63) is 18.5 Å². The molecule has 1 heterocycles. The fourth-order valence-electron chi connectivity index (χ4n) is 8.87. The van der Waals surface area contributed by atoms with Crippen molar-refractivity contribution in [2.24, 2.45) is 52.7 Å². The number of nitrogens with zero attached hydrogens (tertiary/aromatic N) is 2. The predicted octanol–water partition coefficient (Wildman–Crippen LogP) is 5.21. The van der Waals surface area contributed by atoms with Gasteiger partial charge in [0.2, 0.25) is 0 Å². The predicted molar refractivity (Wildman–Crippen MR) is 130 cm³/mol. The second-order valence-electron chi connectivity index (χ2n) is 11.7. The van der Waals surface area contributed by atoms with Crippen LogP contribution in [0.5, 0.6) is 0 Å². The zero-order valence-corrected chi connectivity index (χ0v) is 20.0. The average molecular weight is 439 g/mol. The largest absolute Gasteiger partial charge is 0.396 e. The van der Waals surface area contributed by atoms with E-state index >= 15 is 0 Å². The van der Waals surface area contributed by atoms with E-state index in [-0.39, 0.29) is 17.9 Å². The number of fused-ring (bicyclic) bond motifs is 5. The van der Waals surface area contributed by atoms with E-state index in [1.165, 1.54) is 62.8 Å². The SMILES string of the molecule is CCC1CCC2C(CCC3C2CCC2(C)C(C(=O)CN(N)c4ccncc4N)CCC32)C1. The first-order valence-electron chi connectivity index (χ1n) is 13.2. The molecule has 4 aliphatic rings. The van der Waals surface area contributed by atoms with Crippen molar-refractivity contribution in [1.29, 1.82) is 0 Å². The molecule has 0 aliphatic heterocycles. The minimum Gasteiger partial charge on any atom is -0.396 e. The van der Waals surface area contributed by atoms with Gasteiger partial charge in [-0.05, 0) is 98.4 Å². The topological polar surface area (TPSA) is 85.2 Å². The van der Waals surface area contributed by atoms with Gasteiger partial charge in [-0.2, -0.15) is 0 Å². The Morgan fingerprint density at radius 2 is 1.94 bits per heavy atom. The number of hydrazine groups is 1. The van der Waals surface area contributed by atoms with Crippen molar-refractivity contribution < 1.29 is 4.79 Å². The molecule has 0 saturated heterocycles. The van der Waals surface area contributed by atoms with Gasteiger partial charge < -0.3 is 10.7 Å². The lowest BCUT2D eigenvalue weighted by Gasteiger charge is -2.56. The van der Waals surface area contributed by atoms with Crippen molar-refractivity contribution in [2.75, 3.05) is 17.3 Å². The molecule has 5 heteroatoms. The zero-order valence-electron chi connectivity index (χ0n) is 20.0. The Kier molecular flexibility index (Phi) is 5.98. The van der Waals surface area contributed by atoms with E-state index in [0.29, 0.717) is 17.2 Å². The van der Waals surface area contributed by atoms with E-state index in [2.05, 4.69) is 18.8 Å². The normalized spacial score (nSPS) is 40.8. The first kappa shape index (κ1) is 22.2. The van der Waals surface area contributed by atoms with Gasteiger partial charge in [0.05, 0.1) is 24.1 Å². The molecule has 1 aromatic heterocycles. The molecule has 4 fully saturated rings. The van der Waals surface area contributed by atoms with E-state index < -0.39 is 0 Å². The van der Waals surface area contributed by atoms with E-state index in [9.17, 15) is 4.79 Å². The standard InChI is InChI=1S/C27H42N4O/c1-3-17-4-6-19-18(14-17)5-7-21-20(19)10-12-27(2)22(21)8-9-23(27)26(32)16-31(29)25-11-13-30-15-24(25)28/h11,13,15,17-23H,3-10,12,14,16,28-29H2,1-2H3. The number of hydrogen-bond donors (Lipinski definition) is 2. The number of rotatable bonds is 5. The lowest BCUT2D eigenvalue weighted by molar-refractivity contribution is -0.129. The monoisotopic (exact) mass is 438 g/mol. The van der Waals surface area contributed by atoms with Gasteiger partial charge in [0.25, 0.3) is 0 Å². The number of carbonyl (C=O) groups is 1. The zero-order chi connectivity index (χ0) is 22.5. The number of nitrogen functional groups attached to an aromatic ring is 1. The van der Waals surface area contributed by atoms with Gasteiger partial charge in [0, 0.05) is 12.1 Å². The van der Waals surface area contributed by atoms with Gasteiger partial charge in [0.1, 0.15) is 0 Å². The maximum atomic E-state index is 13.5. The molecule has 8 atom stereocenters. The van der Waals surface area contributed by atoms with Crippen LogP contribution in [0.1, 0.15) is 78.1 Å². The first-order chi connectivity index (χ1) is 15.4. The Labute approximate surface area is 193 Å². The third-order valence-electron chi connectivity index (χ3n) is 10.5. The number of nitrogens with two attached hydrogens (primary N) is 2. The van der Waals surface area contributed by atoms with Gasteiger partial charge >= 0.3 is 0 Å². The summed E-state index contributed by atoms with van der Waals surface area (Å²) in [6, 6.07) is 1.79. The first-order valence-corrected chi connectivity index (χ1v) is 13.2. The fraction of sp³-hybridized carbons (Fsp3) is 0.778. The highest BCUT2D eigenvalue weighted by Gasteiger charge is 2.58. The summed E-state index contributed by atoms with van der Waals surface area (Å²) in [6.07, 6.45) is 16.7. The minimum absolute atomic E-state index is 0.135. The summed E-state index contributed by atoms with van der Waals surface area (Å²) >= 11 is 0. The van der Waals surface area contributed by atoms with Crippen LogP contribution in [0.3, 0.4) is 0 Å². The molecule has 0 spiro atoms. The molecular formula is C27H42N4O. The number of Topliss-reactive ketones (excluding diaryl/α,β-unsaturated/α-hetero) is 1. The van der Waals surface area contributed by atoms with Gasteiger partial charge in [-0.15, -0.1) is 0 Å². The maximum absolute atomic E-state index is 13.5.